The van der Waals surface area contributed by atoms with Crippen LogP contribution in [0.1, 0.15) is 37.1 Å². The summed E-state index contributed by atoms with van der Waals surface area (Å²) in [5, 5.41) is 31.5. The zero-order valence-corrected chi connectivity index (χ0v) is 18.4. The Morgan fingerprint density at radius 1 is 1.31 bits per heavy atom. The Morgan fingerprint density at radius 3 is 2.78 bits per heavy atom. The maximum Gasteiger partial charge on any atom is 0.221 e. The lowest BCUT2D eigenvalue weighted by Crippen LogP contribution is -2.20. The minimum atomic E-state index is -0.712. The van der Waals surface area contributed by atoms with Gasteiger partial charge < -0.3 is 15.2 Å². The highest BCUT2D eigenvalue weighted by atomic mass is 32.2. The highest BCUT2D eigenvalue weighted by molar-refractivity contribution is 7.99. The zero-order chi connectivity index (χ0) is 22.5. The standard InChI is InChI=1S/C23H23N5O3S/c1-15(29)25-18-3-2-4-19(11-18)28-22(17-7-8-17)26-27-23(28)32-14-20(30)13-31-21-9-5-16(12-24)6-10-21/h2-6,9-11,17,20,30H,7-8,13-14H2,1H3,(H,25,29). The molecule has 2 N–H and O–H groups in total. The van der Waals surface area contributed by atoms with E-state index in [9.17, 15) is 9.90 Å². The number of hydrogen-bond acceptors (Lipinski definition) is 7. The molecular weight excluding hydrogens is 426 g/mol. The van der Waals surface area contributed by atoms with Crippen molar-refractivity contribution in [1.82, 2.24) is 14.8 Å². The lowest BCUT2D eigenvalue weighted by molar-refractivity contribution is -0.114. The molecule has 0 spiro atoms. The van der Waals surface area contributed by atoms with Crippen LogP contribution in [0.3, 0.4) is 0 Å². The molecule has 1 aromatic heterocycles. The summed E-state index contributed by atoms with van der Waals surface area (Å²) in [6.07, 6.45) is 1.45. The van der Waals surface area contributed by atoms with E-state index in [4.69, 9.17) is 10.00 Å². The Bertz CT molecular complexity index is 1140. The summed E-state index contributed by atoms with van der Waals surface area (Å²) in [7, 11) is 0. The fourth-order valence-corrected chi connectivity index (χ4v) is 4.05. The fraction of sp³-hybridized carbons (Fsp3) is 0.304. The number of benzene rings is 2. The molecule has 8 nitrogen and oxygen atoms in total. The van der Waals surface area contributed by atoms with Crippen LogP contribution in [0.25, 0.3) is 5.69 Å². The average molecular weight is 450 g/mol. The summed E-state index contributed by atoms with van der Waals surface area (Å²) in [4.78, 5) is 11.4. The molecule has 1 aliphatic carbocycles. The minimum absolute atomic E-state index is 0.126. The number of nitrogens with one attached hydrogen (secondary N) is 1. The van der Waals surface area contributed by atoms with Gasteiger partial charge >= 0.3 is 0 Å². The van der Waals surface area contributed by atoms with E-state index in [-0.39, 0.29) is 12.5 Å². The van der Waals surface area contributed by atoms with Gasteiger partial charge in [-0.3, -0.25) is 9.36 Å². The molecule has 3 aromatic rings. The summed E-state index contributed by atoms with van der Waals surface area (Å²) in [6, 6.07) is 16.4. The second-order valence-electron chi connectivity index (χ2n) is 7.59. The first kappa shape index (κ1) is 21.9. The second-order valence-corrected chi connectivity index (χ2v) is 8.58. The van der Waals surface area contributed by atoms with Gasteiger partial charge in [-0.25, -0.2) is 0 Å². The van der Waals surface area contributed by atoms with E-state index in [0.717, 1.165) is 24.4 Å². The molecule has 1 heterocycles. The van der Waals surface area contributed by atoms with Gasteiger partial charge in [0.1, 0.15) is 18.2 Å². The van der Waals surface area contributed by atoms with Gasteiger partial charge in [0, 0.05) is 24.3 Å². The van der Waals surface area contributed by atoms with Crippen LogP contribution in [0.4, 0.5) is 5.69 Å². The number of anilines is 1. The molecule has 4 rings (SSSR count). The third-order valence-corrected chi connectivity index (χ3v) is 5.93. The molecule has 2 aromatic carbocycles. The van der Waals surface area contributed by atoms with Crippen molar-refractivity contribution in [2.75, 3.05) is 17.7 Å². The first-order chi connectivity index (χ1) is 15.5. The molecule has 1 aliphatic rings. The summed E-state index contributed by atoms with van der Waals surface area (Å²) in [6.45, 7) is 1.60. The largest absolute Gasteiger partial charge is 0.491 e. The van der Waals surface area contributed by atoms with Crippen molar-refractivity contribution in [3.8, 4) is 17.5 Å². The molecule has 164 valence electrons. The van der Waals surface area contributed by atoms with E-state index < -0.39 is 6.10 Å². The Morgan fingerprint density at radius 2 is 2.09 bits per heavy atom. The van der Waals surface area contributed by atoms with E-state index in [0.29, 0.717) is 33.8 Å². The highest BCUT2D eigenvalue weighted by Gasteiger charge is 2.31. The van der Waals surface area contributed by atoms with Gasteiger partial charge in [0.05, 0.1) is 23.4 Å². The first-order valence-corrected chi connectivity index (χ1v) is 11.3. The monoisotopic (exact) mass is 449 g/mol. The van der Waals surface area contributed by atoms with Crippen molar-refractivity contribution in [3.63, 3.8) is 0 Å². The molecule has 0 aliphatic heterocycles. The summed E-state index contributed by atoms with van der Waals surface area (Å²) >= 11 is 1.41. The third kappa shape index (κ3) is 5.46. The lowest BCUT2D eigenvalue weighted by Gasteiger charge is -2.14. The SMILES string of the molecule is CC(=O)Nc1cccc(-n2c(SCC(O)COc3ccc(C#N)cc3)nnc2C2CC2)c1. The van der Waals surface area contributed by atoms with Crippen molar-refractivity contribution in [3.05, 3.63) is 59.9 Å². The number of aromatic nitrogens is 3. The normalized spacial score (nSPS) is 13.9. The van der Waals surface area contributed by atoms with Crippen LogP contribution in [0.5, 0.6) is 5.75 Å². The highest BCUT2D eigenvalue weighted by Crippen LogP contribution is 2.41. The van der Waals surface area contributed by atoms with Gasteiger partial charge in [-0.2, -0.15) is 5.26 Å². The van der Waals surface area contributed by atoms with Gasteiger partial charge in [0.15, 0.2) is 5.16 Å². The Hall–Kier alpha value is -3.35. The quantitative estimate of drug-likeness (QED) is 0.481. The van der Waals surface area contributed by atoms with E-state index in [1.165, 1.54) is 18.7 Å². The first-order valence-electron chi connectivity index (χ1n) is 10.3. The number of ether oxygens (including phenoxy) is 1. The van der Waals surface area contributed by atoms with Gasteiger partial charge in [-0.15, -0.1) is 10.2 Å². The Balaban J connectivity index is 1.44. The molecule has 1 saturated carbocycles. The lowest BCUT2D eigenvalue weighted by atomic mass is 10.2. The van der Waals surface area contributed by atoms with Gasteiger partial charge in [0.2, 0.25) is 5.91 Å². The maximum absolute atomic E-state index is 11.4. The maximum atomic E-state index is 11.4. The molecule has 0 bridgehead atoms. The molecule has 0 radical (unpaired) electrons. The molecular formula is C23H23N5O3S. The number of amides is 1. The number of carbonyl (C=O) groups is 1. The van der Waals surface area contributed by atoms with Crippen molar-refractivity contribution >= 4 is 23.4 Å². The van der Waals surface area contributed by atoms with Crippen LogP contribution in [-0.2, 0) is 4.79 Å². The number of aliphatic hydroxyl groups excluding tert-OH is 1. The van der Waals surface area contributed by atoms with Crippen molar-refractivity contribution in [2.24, 2.45) is 0 Å². The van der Waals surface area contributed by atoms with Gasteiger partial charge in [-0.05, 0) is 55.3 Å². The molecule has 1 unspecified atom stereocenters. The number of thioether (sulfide) groups is 1. The van der Waals surface area contributed by atoms with Crippen molar-refractivity contribution in [1.29, 1.82) is 5.26 Å². The number of hydrogen-bond donors (Lipinski definition) is 2. The molecule has 32 heavy (non-hydrogen) atoms. The van der Waals surface area contributed by atoms with Crippen LogP contribution in [0.2, 0.25) is 0 Å². The molecule has 0 saturated heterocycles. The Labute approximate surface area is 190 Å². The number of rotatable bonds is 9. The van der Waals surface area contributed by atoms with Gasteiger partial charge in [-0.1, -0.05) is 17.8 Å². The predicted octanol–water partition coefficient (Wildman–Crippen LogP) is 3.51. The number of carbonyl (C=O) groups excluding carboxylic acids is 1. The number of aliphatic hydroxyl groups is 1. The molecule has 1 atom stereocenters. The van der Waals surface area contributed by atoms with Crippen molar-refractivity contribution in [2.45, 2.75) is 36.9 Å². The van der Waals surface area contributed by atoms with Crippen LogP contribution < -0.4 is 10.1 Å². The van der Waals surface area contributed by atoms with E-state index in [2.05, 4.69) is 21.6 Å². The van der Waals surface area contributed by atoms with Gasteiger partial charge in [0.25, 0.3) is 0 Å². The number of nitrogens with zero attached hydrogens (tertiary/aromatic N) is 4. The second kappa shape index (κ2) is 9.85. The summed E-state index contributed by atoms with van der Waals surface area (Å²) in [5.41, 5.74) is 2.13. The third-order valence-electron chi connectivity index (χ3n) is 4.86. The van der Waals surface area contributed by atoms with E-state index in [1.807, 2.05) is 28.8 Å². The fourth-order valence-electron chi connectivity index (χ4n) is 3.19. The van der Waals surface area contributed by atoms with Crippen LogP contribution in [-0.4, -0.2) is 44.2 Å². The van der Waals surface area contributed by atoms with E-state index >= 15 is 0 Å². The Kier molecular flexibility index (Phi) is 6.73. The van der Waals surface area contributed by atoms with Crippen molar-refractivity contribution < 1.29 is 14.6 Å². The average Bonchev–Trinajstić information content (AvgIpc) is 3.55. The van der Waals surface area contributed by atoms with E-state index in [1.54, 1.807) is 24.3 Å². The van der Waals surface area contributed by atoms with Crippen LogP contribution in [0, 0.1) is 11.3 Å². The summed E-state index contributed by atoms with van der Waals surface area (Å²) < 4.78 is 7.62. The minimum Gasteiger partial charge on any atom is -0.491 e. The van der Waals surface area contributed by atoms with Crippen LogP contribution in [0.15, 0.2) is 53.7 Å². The molecule has 1 amide bonds. The smallest absolute Gasteiger partial charge is 0.221 e. The zero-order valence-electron chi connectivity index (χ0n) is 17.6. The van der Waals surface area contributed by atoms with Crippen LogP contribution >= 0.6 is 11.8 Å². The number of nitriles is 1. The summed E-state index contributed by atoms with van der Waals surface area (Å²) in [5.74, 6) is 2.13. The topological polar surface area (TPSA) is 113 Å². The molecule has 9 heteroatoms. The molecule has 1 fully saturated rings. The predicted molar refractivity (Wildman–Crippen MR) is 121 cm³/mol.